The molecule has 14 heavy (non-hydrogen) atoms. The molecule has 2 aromatic rings. The van der Waals surface area contributed by atoms with Crippen LogP contribution >= 0.6 is 11.3 Å². The normalized spacial score (nSPS) is 9.50. The molecule has 0 aliphatic rings. The first-order chi connectivity index (χ1) is 6.25. The van der Waals surface area contributed by atoms with E-state index in [9.17, 15) is 0 Å². The van der Waals surface area contributed by atoms with Gasteiger partial charge in [-0.3, -0.25) is 0 Å². The third kappa shape index (κ3) is 2.25. The first kappa shape index (κ1) is 11.0. The molecule has 0 fully saturated rings. The number of hydrogen-bond donors (Lipinski definition) is 1. The standard InChI is InChI=1S/C10H9NOS.ClH/c1-7-11-10(6-13-7)8-2-4-9(12)5-3-8;/h2-6,12H,1H3;1H/p-1. The summed E-state index contributed by atoms with van der Waals surface area (Å²) in [6, 6.07) is 7.07. The van der Waals surface area contributed by atoms with E-state index in [1.807, 2.05) is 24.4 Å². The van der Waals surface area contributed by atoms with Gasteiger partial charge in [-0.1, -0.05) is 0 Å². The second kappa shape index (κ2) is 4.44. The van der Waals surface area contributed by atoms with Crippen molar-refractivity contribution in [2.24, 2.45) is 0 Å². The highest BCUT2D eigenvalue weighted by Crippen LogP contribution is 2.22. The van der Waals surface area contributed by atoms with Crippen molar-refractivity contribution in [1.82, 2.24) is 4.98 Å². The molecular formula is C10H9ClNOS-. The van der Waals surface area contributed by atoms with E-state index < -0.39 is 0 Å². The number of phenolic OH excluding ortho intramolecular Hbond substituents is 1. The van der Waals surface area contributed by atoms with Gasteiger partial charge in [0.2, 0.25) is 0 Å². The average Bonchev–Trinajstić information content (AvgIpc) is 2.53. The zero-order valence-electron chi connectivity index (χ0n) is 7.57. The number of benzene rings is 1. The molecule has 0 bridgehead atoms. The van der Waals surface area contributed by atoms with Crippen molar-refractivity contribution in [2.75, 3.05) is 0 Å². The van der Waals surface area contributed by atoms with Gasteiger partial charge in [0, 0.05) is 10.9 Å². The molecule has 74 valence electrons. The largest absolute Gasteiger partial charge is 1.00 e. The highest BCUT2D eigenvalue weighted by molar-refractivity contribution is 7.09. The summed E-state index contributed by atoms with van der Waals surface area (Å²) in [6.07, 6.45) is 0. The van der Waals surface area contributed by atoms with Crippen molar-refractivity contribution in [2.45, 2.75) is 6.92 Å². The highest BCUT2D eigenvalue weighted by atomic mass is 35.5. The van der Waals surface area contributed by atoms with Crippen molar-refractivity contribution in [3.63, 3.8) is 0 Å². The number of phenols is 1. The monoisotopic (exact) mass is 226 g/mol. The molecule has 0 radical (unpaired) electrons. The number of hydrogen-bond acceptors (Lipinski definition) is 3. The van der Waals surface area contributed by atoms with E-state index in [4.69, 9.17) is 5.11 Å². The maximum Gasteiger partial charge on any atom is 0.115 e. The lowest BCUT2D eigenvalue weighted by Crippen LogP contribution is -3.00. The summed E-state index contributed by atoms with van der Waals surface area (Å²) in [4.78, 5) is 4.35. The fourth-order valence-corrected chi connectivity index (χ4v) is 1.75. The lowest BCUT2D eigenvalue weighted by molar-refractivity contribution is -0.00000372. The lowest BCUT2D eigenvalue weighted by Gasteiger charge is -1.95. The van der Waals surface area contributed by atoms with Gasteiger partial charge < -0.3 is 17.5 Å². The van der Waals surface area contributed by atoms with Crippen LogP contribution in [0.1, 0.15) is 5.01 Å². The smallest absolute Gasteiger partial charge is 0.115 e. The predicted molar refractivity (Wildman–Crippen MR) is 54.0 cm³/mol. The van der Waals surface area contributed by atoms with E-state index in [0.29, 0.717) is 0 Å². The molecule has 4 heteroatoms. The van der Waals surface area contributed by atoms with Crippen LogP contribution in [-0.4, -0.2) is 10.1 Å². The van der Waals surface area contributed by atoms with Crippen LogP contribution < -0.4 is 12.4 Å². The summed E-state index contributed by atoms with van der Waals surface area (Å²) in [5, 5.41) is 12.2. The van der Waals surface area contributed by atoms with E-state index >= 15 is 0 Å². The number of aryl methyl sites for hydroxylation is 1. The molecule has 0 atom stereocenters. The molecule has 1 N–H and O–H groups in total. The number of thiazole rings is 1. The van der Waals surface area contributed by atoms with Gasteiger partial charge in [-0.2, -0.15) is 0 Å². The minimum Gasteiger partial charge on any atom is -1.00 e. The molecular weight excluding hydrogens is 218 g/mol. The van der Waals surface area contributed by atoms with Gasteiger partial charge in [0.25, 0.3) is 0 Å². The van der Waals surface area contributed by atoms with Gasteiger partial charge in [0.15, 0.2) is 0 Å². The summed E-state index contributed by atoms with van der Waals surface area (Å²) in [7, 11) is 0. The van der Waals surface area contributed by atoms with Crippen LogP contribution in [-0.2, 0) is 0 Å². The molecule has 0 amide bonds. The number of aromatic hydroxyl groups is 1. The molecule has 1 heterocycles. The van der Waals surface area contributed by atoms with Crippen molar-refractivity contribution < 1.29 is 17.5 Å². The maximum absolute atomic E-state index is 9.09. The van der Waals surface area contributed by atoms with E-state index in [-0.39, 0.29) is 18.2 Å². The first-order valence-corrected chi connectivity index (χ1v) is 4.85. The van der Waals surface area contributed by atoms with Crippen LogP contribution in [0, 0.1) is 6.92 Å². The van der Waals surface area contributed by atoms with E-state index in [1.165, 1.54) is 0 Å². The summed E-state index contributed by atoms with van der Waals surface area (Å²) in [6.45, 7) is 1.98. The molecule has 2 rings (SSSR count). The average molecular weight is 227 g/mol. The third-order valence-corrected chi connectivity index (χ3v) is 2.56. The number of nitrogens with zero attached hydrogens (tertiary/aromatic N) is 1. The first-order valence-electron chi connectivity index (χ1n) is 3.97. The second-order valence-corrected chi connectivity index (χ2v) is 3.86. The fourth-order valence-electron chi connectivity index (χ4n) is 1.13. The van der Waals surface area contributed by atoms with Crippen molar-refractivity contribution >= 4 is 11.3 Å². The topological polar surface area (TPSA) is 33.1 Å². The van der Waals surface area contributed by atoms with E-state index in [1.54, 1.807) is 23.5 Å². The Labute approximate surface area is 92.7 Å². The quantitative estimate of drug-likeness (QED) is 0.733. The maximum atomic E-state index is 9.09. The minimum absolute atomic E-state index is 0. The van der Waals surface area contributed by atoms with Gasteiger partial charge in [-0.15, -0.1) is 11.3 Å². The summed E-state index contributed by atoms with van der Waals surface area (Å²) >= 11 is 1.63. The predicted octanol–water partition coefficient (Wildman–Crippen LogP) is -0.172. The van der Waals surface area contributed by atoms with E-state index in [0.717, 1.165) is 16.3 Å². The van der Waals surface area contributed by atoms with Gasteiger partial charge in [-0.05, 0) is 31.2 Å². The molecule has 0 aliphatic carbocycles. The van der Waals surface area contributed by atoms with Crippen LogP contribution in [0.5, 0.6) is 5.75 Å². The van der Waals surface area contributed by atoms with E-state index in [2.05, 4.69) is 4.98 Å². The molecule has 0 saturated carbocycles. The molecule has 0 saturated heterocycles. The second-order valence-electron chi connectivity index (χ2n) is 2.80. The van der Waals surface area contributed by atoms with Crippen LogP contribution in [0.25, 0.3) is 11.3 Å². The Kier molecular flexibility index (Phi) is 3.49. The molecule has 1 aromatic heterocycles. The fraction of sp³-hybridized carbons (Fsp3) is 0.100. The minimum atomic E-state index is 0. The molecule has 0 spiro atoms. The Balaban J connectivity index is 0.000000980. The Morgan fingerprint density at radius 2 is 1.86 bits per heavy atom. The summed E-state index contributed by atoms with van der Waals surface area (Å²) in [5.74, 6) is 0.288. The molecule has 2 nitrogen and oxygen atoms in total. The third-order valence-electron chi connectivity index (χ3n) is 1.78. The summed E-state index contributed by atoms with van der Waals surface area (Å²) < 4.78 is 0. The summed E-state index contributed by atoms with van der Waals surface area (Å²) in [5.41, 5.74) is 2.02. The van der Waals surface area contributed by atoms with Crippen LogP contribution in [0.3, 0.4) is 0 Å². The van der Waals surface area contributed by atoms with Crippen LogP contribution in [0.2, 0.25) is 0 Å². The van der Waals surface area contributed by atoms with Gasteiger partial charge >= 0.3 is 0 Å². The van der Waals surface area contributed by atoms with Crippen molar-refractivity contribution in [1.29, 1.82) is 0 Å². The Morgan fingerprint density at radius 3 is 2.36 bits per heavy atom. The number of aromatic nitrogens is 1. The molecule has 1 aromatic carbocycles. The Morgan fingerprint density at radius 1 is 1.21 bits per heavy atom. The van der Waals surface area contributed by atoms with Crippen LogP contribution in [0.4, 0.5) is 0 Å². The number of halogens is 1. The van der Waals surface area contributed by atoms with Gasteiger partial charge in [0.05, 0.1) is 10.7 Å². The van der Waals surface area contributed by atoms with Crippen molar-refractivity contribution in [3.8, 4) is 17.0 Å². The van der Waals surface area contributed by atoms with Gasteiger partial charge in [-0.25, -0.2) is 4.98 Å². The number of rotatable bonds is 1. The Bertz CT molecular complexity index is 410. The SMILES string of the molecule is Cc1nc(-c2ccc(O)cc2)cs1.[Cl-]. The highest BCUT2D eigenvalue weighted by Gasteiger charge is 2.00. The van der Waals surface area contributed by atoms with Crippen LogP contribution in [0.15, 0.2) is 29.6 Å². The lowest BCUT2D eigenvalue weighted by atomic mass is 10.2. The molecule has 0 aliphatic heterocycles. The molecule has 0 unspecified atom stereocenters. The zero-order chi connectivity index (χ0) is 9.26. The Hall–Kier alpha value is -1.06. The zero-order valence-corrected chi connectivity index (χ0v) is 9.14. The van der Waals surface area contributed by atoms with Gasteiger partial charge in [0.1, 0.15) is 5.75 Å². The van der Waals surface area contributed by atoms with Crippen molar-refractivity contribution in [3.05, 3.63) is 34.7 Å².